The predicted molar refractivity (Wildman–Crippen MR) is 181 cm³/mol. The van der Waals surface area contributed by atoms with Gasteiger partial charge in [-0.3, -0.25) is 13.9 Å². The second kappa shape index (κ2) is 15.4. The largest absolute Gasteiger partial charge is 0.354 e. The Kier molecular flexibility index (Phi) is 11.7. The van der Waals surface area contributed by atoms with Gasteiger partial charge in [-0.25, -0.2) is 8.42 Å². The van der Waals surface area contributed by atoms with Gasteiger partial charge in [0.15, 0.2) is 0 Å². The number of carbonyl (C=O) groups is 2. The van der Waals surface area contributed by atoms with Gasteiger partial charge in [-0.15, -0.1) is 0 Å². The van der Waals surface area contributed by atoms with Gasteiger partial charge in [-0.05, 0) is 59.9 Å². The van der Waals surface area contributed by atoms with Crippen LogP contribution >= 0.6 is 23.2 Å². The summed E-state index contributed by atoms with van der Waals surface area (Å²) < 4.78 is 29.2. The Hall–Kier alpha value is -3.85. The van der Waals surface area contributed by atoms with E-state index < -0.39 is 28.5 Å². The van der Waals surface area contributed by atoms with Crippen molar-refractivity contribution < 1.29 is 18.0 Å². The second-order valence-corrected chi connectivity index (χ2v) is 13.9. The highest BCUT2D eigenvalue weighted by Crippen LogP contribution is 2.31. The Bertz CT molecular complexity index is 1720. The fourth-order valence-electron chi connectivity index (χ4n) is 4.84. The summed E-state index contributed by atoms with van der Waals surface area (Å²) in [6, 6.07) is 28.4. The summed E-state index contributed by atoms with van der Waals surface area (Å²) in [7, 11) is -4.24. The van der Waals surface area contributed by atoms with Gasteiger partial charge in [0, 0.05) is 19.5 Å². The van der Waals surface area contributed by atoms with E-state index >= 15 is 0 Å². The van der Waals surface area contributed by atoms with Crippen LogP contribution in [-0.4, -0.2) is 44.3 Å². The molecule has 7 nitrogen and oxygen atoms in total. The van der Waals surface area contributed by atoms with Crippen molar-refractivity contribution in [3.8, 4) is 0 Å². The molecule has 0 saturated heterocycles. The molecule has 0 aromatic heterocycles. The number of halogens is 2. The second-order valence-electron chi connectivity index (χ2n) is 11.2. The van der Waals surface area contributed by atoms with Crippen LogP contribution in [0.15, 0.2) is 108 Å². The molecule has 0 radical (unpaired) electrons. The Morgan fingerprint density at radius 1 is 0.822 bits per heavy atom. The first-order valence-electron chi connectivity index (χ1n) is 14.7. The van der Waals surface area contributed by atoms with E-state index in [0.29, 0.717) is 6.54 Å². The van der Waals surface area contributed by atoms with Gasteiger partial charge < -0.3 is 10.2 Å². The van der Waals surface area contributed by atoms with Crippen LogP contribution in [0.25, 0.3) is 0 Å². The van der Waals surface area contributed by atoms with E-state index in [0.717, 1.165) is 21.0 Å². The molecule has 0 spiro atoms. The van der Waals surface area contributed by atoms with E-state index in [4.69, 9.17) is 23.2 Å². The van der Waals surface area contributed by atoms with Crippen molar-refractivity contribution in [1.29, 1.82) is 0 Å². The molecule has 2 amide bonds. The molecule has 4 aromatic carbocycles. The van der Waals surface area contributed by atoms with Crippen molar-refractivity contribution in [1.82, 2.24) is 10.2 Å². The fraction of sp³-hybridized carbons (Fsp3) is 0.257. The van der Waals surface area contributed by atoms with Crippen LogP contribution in [0.4, 0.5) is 5.69 Å². The lowest BCUT2D eigenvalue weighted by atomic mass is 10.0. The van der Waals surface area contributed by atoms with Gasteiger partial charge in [0.2, 0.25) is 11.8 Å². The van der Waals surface area contributed by atoms with Crippen molar-refractivity contribution in [2.75, 3.05) is 17.4 Å². The van der Waals surface area contributed by atoms with Crippen molar-refractivity contribution in [2.45, 2.75) is 44.7 Å². The first-order chi connectivity index (χ1) is 21.5. The molecule has 45 heavy (non-hydrogen) atoms. The summed E-state index contributed by atoms with van der Waals surface area (Å²) in [4.78, 5) is 29.9. The summed E-state index contributed by atoms with van der Waals surface area (Å²) >= 11 is 12.5. The minimum atomic E-state index is -4.24. The van der Waals surface area contributed by atoms with Crippen LogP contribution in [0.1, 0.15) is 30.5 Å². The van der Waals surface area contributed by atoms with E-state index in [9.17, 15) is 18.0 Å². The van der Waals surface area contributed by atoms with Gasteiger partial charge in [0.25, 0.3) is 10.0 Å². The van der Waals surface area contributed by atoms with Gasteiger partial charge in [-0.1, -0.05) is 110 Å². The third kappa shape index (κ3) is 8.87. The Morgan fingerprint density at radius 3 is 2.07 bits per heavy atom. The number of anilines is 1. The Morgan fingerprint density at radius 2 is 1.44 bits per heavy atom. The lowest BCUT2D eigenvalue weighted by Crippen LogP contribution is -2.53. The van der Waals surface area contributed by atoms with Crippen LogP contribution in [0.2, 0.25) is 10.0 Å². The predicted octanol–water partition coefficient (Wildman–Crippen LogP) is 6.91. The normalized spacial score (nSPS) is 12.0. The first-order valence-corrected chi connectivity index (χ1v) is 16.9. The fourth-order valence-corrected chi connectivity index (χ4v) is 6.56. The van der Waals surface area contributed by atoms with Crippen molar-refractivity contribution in [3.63, 3.8) is 0 Å². The maximum atomic E-state index is 14.5. The van der Waals surface area contributed by atoms with Crippen LogP contribution < -0.4 is 9.62 Å². The van der Waals surface area contributed by atoms with Gasteiger partial charge >= 0.3 is 0 Å². The summed E-state index contributed by atoms with van der Waals surface area (Å²) in [6.07, 6.45) is 0.237. The van der Waals surface area contributed by atoms with Crippen LogP contribution in [-0.2, 0) is 32.6 Å². The number of hydrogen-bond donors (Lipinski definition) is 1. The highest BCUT2D eigenvalue weighted by molar-refractivity contribution is 7.92. The van der Waals surface area contributed by atoms with Crippen LogP contribution in [0.3, 0.4) is 0 Å². The summed E-state index contributed by atoms with van der Waals surface area (Å²) in [5.41, 5.74) is 2.81. The standard InChI is InChI=1S/C35H37Cl2N3O4S/c1-25(2)22-38-35(42)33(20-27-13-6-4-7-14-27)39(23-28-15-11-10-12-26(28)3)34(41)24-40(29-18-19-31(36)32(37)21-29)45(43,44)30-16-8-5-9-17-30/h4-19,21,25,33H,20,22-24H2,1-3H3,(H,38,42)/t33-/m0/s1. The van der Waals surface area contributed by atoms with Crippen LogP contribution in [0.5, 0.6) is 0 Å². The Labute approximate surface area is 275 Å². The molecule has 10 heteroatoms. The van der Waals surface area contributed by atoms with E-state index in [1.54, 1.807) is 18.2 Å². The summed E-state index contributed by atoms with van der Waals surface area (Å²) in [6.45, 7) is 5.86. The molecule has 0 saturated carbocycles. The maximum absolute atomic E-state index is 14.5. The first kappa shape index (κ1) is 34.0. The summed E-state index contributed by atoms with van der Waals surface area (Å²) in [5.74, 6) is -0.682. The van der Waals surface area contributed by atoms with Gasteiger partial charge in [-0.2, -0.15) is 0 Å². The molecule has 1 atom stereocenters. The highest BCUT2D eigenvalue weighted by Gasteiger charge is 2.35. The molecule has 0 unspecified atom stereocenters. The zero-order chi connectivity index (χ0) is 32.6. The number of benzene rings is 4. The molecule has 236 valence electrons. The third-order valence-electron chi connectivity index (χ3n) is 7.36. The molecule has 0 aliphatic heterocycles. The van der Waals surface area contributed by atoms with Crippen LogP contribution in [0, 0.1) is 12.8 Å². The van der Waals surface area contributed by atoms with Crippen molar-refractivity contribution in [2.24, 2.45) is 5.92 Å². The molecule has 0 aliphatic rings. The van der Waals surface area contributed by atoms with E-state index in [1.807, 2.05) is 75.4 Å². The van der Waals surface area contributed by atoms with Gasteiger partial charge in [0.1, 0.15) is 12.6 Å². The Balaban J connectivity index is 1.82. The number of nitrogens with one attached hydrogen (secondary N) is 1. The van der Waals surface area contributed by atoms with E-state index in [-0.39, 0.29) is 45.4 Å². The monoisotopic (exact) mass is 665 g/mol. The van der Waals surface area contributed by atoms with Gasteiger partial charge in [0.05, 0.1) is 20.6 Å². The average Bonchev–Trinajstić information content (AvgIpc) is 3.03. The van der Waals surface area contributed by atoms with E-state index in [2.05, 4.69) is 5.32 Å². The van der Waals surface area contributed by atoms with E-state index in [1.165, 1.54) is 35.2 Å². The van der Waals surface area contributed by atoms with Crippen molar-refractivity contribution >= 4 is 50.7 Å². The number of nitrogens with zero attached hydrogens (tertiary/aromatic N) is 2. The molecule has 0 heterocycles. The zero-order valence-corrected chi connectivity index (χ0v) is 27.8. The number of carbonyl (C=O) groups excluding carboxylic acids is 2. The lowest BCUT2D eigenvalue weighted by Gasteiger charge is -2.34. The smallest absolute Gasteiger partial charge is 0.264 e. The molecule has 1 N–H and O–H groups in total. The number of amides is 2. The molecule has 4 rings (SSSR count). The van der Waals surface area contributed by atoms with Crippen molar-refractivity contribution in [3.05, 3.63) is 130 Å². The molecule has 4 aromatic rings. The number of aryl methyl sites for hydroxylation is 1. The quantitative estimate of drug-likeness (QED) is 0.168. The zero-order valence-electron chi connectivity index (χ0n) is 25.5. The number of hydrogen-bond acceptors (Lipinski definition) is 4. The topological polar surface area (TPSA) is 86.8 Å². The molecule has 0 aliphatic carbocycles. The number of rotatable bonds is 13. The third-order valence-corrected chi connectivity index (χ3v) is 9.89. The maximum Gasteiger partial charge on any atom is 0.264 e. The summed E-state index contributed by atoms with van der Waals surface area (Å²) in [5, 5.41) is 3.38. The minimum Gasteiger partial charge on any atom is -0.354 e. The lowest BCUT2D eigenvalue weighted by molar-refractivity contribution is -0.140. The molecule has 0 fully saturated rings. The highest BCUT2D eigenvalue weighted by atomic mass is 35.5. The SMILES string of the molecule is Cc1ccccc1CN(C(=O)CN(c1ccc(Cl)c(Cl)c1)S(=O)(=O)c1ccccc1)[C@@H](Cc1ccccc1)C(=O)NCC(C)C. The molecular weight excluding hydrogens is 629 g/mol. The average molecular weight is 667 g/mol. The number of sulfonamides is 1. The molecular formula is C35H37Cl2N3O4S. The molecule has 0 bridgehead atoms. The minimum absolute atomic E-state index is 0.00448.